The minimum absolute atomic E-state index is 0.119. The van der Waals surface area contributed by atoms with Gasteiger partial charge in [-0.3, -0.25) is 4.79 Å². The molecule has 11 heavy (non-hydrogen) atoms. The maximum Gasteiger partial charge on any atom is 0.272 e. The number of rotatable bonds is 0. The van der Waals surface area contributed by atoms with E-state index in [1.54, 1.807) is 6.21 Å². The van der Waals surface area contributed by atoms with Crippen LogP contribution in [0.25, 0.3) is 0 Å². The standard InChI is InChI=1S/C7H7N3O/c11-7-6-5(4-9-10-6)2-1-3-8-7/h2,4H,1,3H2,(H,8,11). The van der Waals surface area contributed by atoms with Crippen molar-refractivity contribution in [3.05, 3.63) is 11.6 Å². The minimum atomic E-state index is -0.119. The molecule has 2 rings (SSSR count). The van der Waals surface area contributed by atoms with Gasteiger partial charge in [0.05, 0.1) is 6.21 Å². The normalized spacial score (nSPS) is 21.6. The van der Waals surface area contributed by atoms with Crippen LogP contribution >= 0.6 is 0 Å². The van der Waals surface area contributed by atoms with Gasteiger partial charge in [0.15, 0.2) is 5.71 Å². The van der Waals surface area contributed by atoms with E-state index in [1.807, 2.05) is 6.08 Å². The number of carbonyl (C=O) groups excluding carboxylic acids is 1. The van der Waals surface area contributed by atoms with Crippen LogP contribution in [0.15, 0.2) is 21.9 Å². The van der Waals surface area contributed by atoms with Gasteiger partial charge in [-0.05, 0) is 6.42 Å². The van der Waals surface area contributed by atoms with Crippen molar-refractivity contribution in [1.82, 2.24) is 5.32 Å². The molecule has 0 radical (unpaired) electrons. The summed E-state index contributed by atoms with van der Waals surface area (Å²) >= 11 is 0. The summed E-state index contributed by atoms with van der Waals surface area (Å²) in [7, 11) is 0. The molecule has 0 aromatic heterocycles. The highest BCUT2D eigenvalue weighted by Crippen LogP contribution is 2.07. The Morgan fingerprint density at radius 1 is 1.55 bits per heavy atom. The highest BCUT2D eigenvalue weighted by atomic mass is 16.1. The van der Waals surface area contributed by atoms with Crippen molar-refractivity contribution in [1.29, 1.82) is 0 Å². The first-order valence-corrected chi connectivity index (χ1v) is 3.48. The van der Waals surface area contributed by atoms with Gasteiger partial charge in [-0.2, -0.15) is 5.10 Å². The number of nitrogens with one attached hydrogen (secondary N) is 1. The van der Waals surface area contributed by atoms with Gasteiger partial charge < -0.3 is 5.32 Å². The Bertz CT molecular complexity index is 288. The summed E-state index contributed by atoms with van der Waals surface area (Å²) in [5.41, 5.74) is 1.29. The fourth-order valence-electron chi connectivity index (χ4n) is 1.09. The Morgan fingerprint density at radius 3 is 3.36 bits per heavy atom. The maximum absolute atomic E-state index is 11.1. The highest BCUT2D eigenvalue weighted by Gasteiger charge is 2.20. The van der Waals surface area contributed by atoms with E-state index in [2.05, 4.69) is 15.5 Å². The molecule has 0 saturated carbocycles. The van der Waals surface area contributed by atoms with Gasteiger partial charge in [-0.25, -0.2) is 0 Å². The van der Waals surface area contributed by atoms with Gasteiger partial charge >= 0.3 is 0 Å². The number of amides is 1. The SMILES string of the molecule is O=C1NCCC=C2C=NN=C12. The van der Waals surface area contributed by atoms with Crippen molar-refractivity contribution < 1.29 is 4.79 Å². The summed E-state index contributed by atoms with van der Waals surface area (Å²) in [6, 6.07) is 0. The number of nitrogens with zero attached hydrogens (tertiary/aromatic N) is 2. The van der Waals surface area contributed by atoms with Crippen LogP contribution in [0.3, 0.4) is 0 Å². The Balaban J connectivity index is 2.39. The van der Waals surface area contributed by atoms with Gasteiger partial charge in [-0.1, -0.05) is 6.08 Å². The van der Waals surface area contributed by atoms with E-state index in [0.29, 0.717) is 12.3 Å². The average molecular weight is 149 g/mol. The Morgan fingerprint density at radius 2 is 2.45 bits per heavy atom. The second-order valence-corrected chi connectivity index (χ2v) is 2.40. The number of hydrogen-bond acceptors (Lipinski definition) is 3. The van der Waals surface area contributed by atoms with E-state index < -0.39 is 0 Å². The van der Waals surface area contributed by atoms with Crippen LogP contribution in [-0.2, 0) is 4.79 Å². The lowest BCUT2D eigenvalue weighted by Crippen LogP contribution is -2.29. The monoisotopic (exact) mass is 149 g/mol. The molecule has 0 aromatic rings. The van der Waals surface area contributed by atoms with E-state index in [1.165, 1.54) is 0 Å². The Hall–Kier alpha value is -1.45. The lowest BCUT2D eigenvalue weighted by Gasteiger charge is -1.96. The van der Waals surface area contributed by atoms with Crippen molar-refractivity contribution >= 4 is 17.8 Å². The molecule has 56 valence electrons. The molecule has 0 bridgehead atoms. The molecule has 0 spiro atoms. The molecular weight excluding hydrogens is 142 g/mol. The van der Waals surface area contributed by atoms with E-state index in [-0.39, 0.29) is 5.91 Å². The zero-order valence-corrected chi connectivity index (χ0v) is 5.87. The van der Waals surface area contributed by atoms with Gasteiger partial charge in [0.25, 0.3) is 5.91 Å². The first kappa shape index (κ1) is 6.27. The smallest absolute Gasteiger partial charge is 0.272 e. The lowest BCUT2D eigenvalue weighted by molar-refractivity contribution is -0.114. The molecule has 0 unspecified atom stereocenters. The molecular formula is C7H7N3O. The van der Waals surface area contributed by atoms with Crippen LogP contribution in [0.2, 0.25) is 0 Å². The van der Waals surface area contributed by atoms with Crippen molar-refractivity contribution in [2.24, 2.45) is 10.2 Å². The molecule has 0 aromatic carbocycles. The number of fused-ring (bicyclic) bond motifs is 1. The first-order chi connectivity index (χ1) is 5.38. The molecule has 1 amide bonds. The average Bonchev–Trinajstić information content (AvgIpc) is 2.40. The van der Waals surface area contributed by atoms with E-state index >= 15 is 0 Å². The van der Waals surface area contributed by atoms with E-state index in [4.69, 9.17) is 0 Å². The predicted molar refractivity (Wildman–Crippen MR) is 41.6 cm³/mol. The molecule has 1 N–H and O–H groups in total. The van der Waals surface area contributed by atoms with Crippen molar-refractivity contribution in [2.75, 3.05) is 6.54 Å². The molecule has 2 heterocycles. The summed E-state index contributed by atoms with van der Waals surface area (Å²) in [6.45, 7) is 0.690. The number of carbonyl (C=O) groups is 1. The van der Waals surface area contributed by atoms with Crippen LogP contribution in [0.1, 0.15) is 6.42 Å². The maximum atomic E-state index is 11.1. The molecule has 0 aliphatic carbocycles. The van der Waals surface area contributed by atoms with Crippen molar-refractivity contribution in [2.45, 2.75) is 6.42 Å². The second kappa shape index (κ2) is 2.30. The fraction of sp³-hybridized carbons (Fsp3) is 0.286. The summed E-state index contributed by atoms with van der Waals surface area (Å²) in [5, 5.41) is 10.1. The predicted octanol–water partition coefficient (Wildman–Crippen LogP) is -0.127. The summed E-state index contributed by atoms with van der Waals surface area (Å²) in [6.07, 6.45) is 4.43. The number of hydrogen-bond donors (Lipinski definition) is 1. The fourth-order valence-corrected chi connectivity index (χ4v) is 1.09. The highest BCUT2D eigenvalue weighted by molar-refractivity contribution is 6.50. The van der Waals surface area contributed by atoms with Crippen LogP contribution in [0.4, 0.5) is 0 Å². The van der Waals surface area contributed by atoms with Gasteiger partial charge in [0.1, 0.15) is 0 Å². The van der Waals surface area contributed by atoms with Gasteiger partial charge in [0, 0.05) is 12.1 Å². The van der Waals surface area contributed by atoms with Crippen molar-refractivity contribution in [3.63, 3.8) is 0 Å². The van der Waals surface area contributed by atoms with Gasteiger partial charge in [0.2, 0.25) is 0 Å². The van der Waals surface area contributed by atoms with Crippen molar-refractivity contribution in [3.8, 4) is 0 Å². The minimum Gasteiger partial charge on any atom is -0.350 e. The third kappa shape index (κ3) is 0.960. The molecule has 2 aliphatic heterocycles. The Labute approximate surface area is 63.7 Å². The zero-order chi connectivity index (χ0) is 7.68. The molecule has 0 atom stereocenters. The summed E-state index contributed by atoms with van der Waals surface area (Å²) in [4.78, 5) is 11.1. The van der Waals surface area contributed by atoms with E-state index in [0.717, 1.165) is 12.0 Å². The summed E-state index contributed by atoms with van der Waals surface area (Å²) < 4.78 is 0. The molecule has 4 nitrogen and oxygen atoms in total. The van der Waals surface area contributed by atoms with Gasteiger partial charge in [-0.15, -0.1) is 5.10 Å². The Kier molecular flexibility index (Phi) is 1.31. The quantitative estimate of drug-likeness (QED) is 0.512. The lowest BCUT2D eigenvalue weighted by atomic mass is 10.1. The molecule has 0 fully saturated rings. The van der Waals surface area contributed by atoms with Crippen LogP contribution in [0.5, 0.6) is 0 Å². The molecule has 0 saturated heterocycles. The molecule has 2 aliphatic rings. The molecule has 4 heteroatoms. The largest absolute Gasteiger partial charge is 0.350 e. The second-order valence-electron chi connectivity index (χ2n) is 2.40. The first-order valence-electron chi connectivity index (χ1n) is 3.48. The third-order valence-electron chi connectivity index (χ3n) is 1.64. The van der Waals surface area contributed by atoms with Crippen LogP contribution < -0.4 is 5.32 Å². The summed E-state index contributed by atoms with van der Waals surface area (Å²) in [5.74, 6) is -0.119. The van der Waals surface area contributed by atoms with Crippen LogP contribution in [0, 0.1) is 0 Å². The zero-order valence-electron chi connectivity index (χ0n) is 5.87. The van der Waals surface area contributed by atoms with E-state index in [9.17, 15) is 4.79 Å². The topological polar surface area (TPSA) is 53.8 Å². The van der Waals surface area contributed by atoms with Crippen LogP contribution in [-0.4, -0.2) is 24.4 Å². The third-order valence-corrected chi connectivity index (χ3v) is 1.64.